The van der Waals surface area contributed by atoms with Gasteiger partial charge in [-0.1, -0.05) is 0 Å². The van der Waals surface area contributed by atoms with Crippen molar-refractivity contribution in [2.24, 2.45) is 5.92 Å². The molecule has 0 saturated carbocycles. The van der Waals surface area contributed by atoms with Gasteiger partial charge in [0.15, 0.2) is 0 Å². The largest absolute Gasteiger partial charge is 0.381 e. The van der Waals surface area contributed by atoms with E-state index in [1.165, 1.54) is 24.1 Å². The highest BCUT2D eigenvalue weighted by molar-refractivity contribution is 5.27. The van der Waals surface area contributed by atoms with Crippen LogP contribution in [0.1, 0.15) is 49.7 Å². The number of ether oxygens (including phenoxy) is 1. The second kappa shape index (κ2) is 6.53. The fraction of sp³-hybridized carbons (Fsp3) is 0.800. The zero-order valence-corrected chi connectivity index (χ0v) is 12.7. The molecular formula is C15H27N3O. The molecule has 0 aliphatic carbocycles. The topological polar surface area (TPSA) is 39.1 Å². The van der Waals surface area contributed by atoms with E-state index in [0.29, 0.717) is 6.04 Å². The van der Waals surface area contributed by atoms with Crippen LogP contribution in [0.4, 0.5) is 0 Å². The molecule has 1 aromatic rings. The van der Waals surface area contributed by atoms with E-state index >= 15 is 0 Å². The fourth-order valence-corrected chi connectivity index (χ4v) is 3.06. The maximum Gasteiger partial charge on any atom is 0.0644 e. The Morgan fingerprint density at radius 1 is 1.47 bits per heavy atom. The molecule has 2 heterocycles. The Morgan fingerprint density at radius 2 is 2.26 bits per heavy atom. The lowest BCUT2D eigenvalue weighted by Gasteiger charge is -2.16. The number of nitrogens with zero attached hydrogens (tertiary/aromatic N) is 2. The molecule has 0 radical (unpaired) electrons. The van der Waals surface area contributed by atoms with Crippen molar-refractivity contribution in [3.05, 3.63) is 17.0 Å². The van der Waals surface area contributed by atoms with E-state index in [9.17, 15) is 0 Å². The molecule has 4 nitrogen and oxygen atoms in total. The summed E-state index contributed by atoms with van der Waals surface area (Å²) >= 11 is 0. The molecular weight excluding hydrogens is 238 g/mol. The van der Waals surface area contributed by atoms with Gasteiger partial charge in [-0.25, -0.2) is 0 Å². The van der Waals surface area contributed by atoms with E-state index in [0.717, 1.165) is 37.9 Å². The summed E-state index contributed by atoms with van der Waals surface area (Å²) in [5.41, 5.74) is 3.82. The molecule has 1 saturated heterocycles. The van der Waals surface area contributed by atoms with E-state index in [1.54, 1.807) is 0 Å². The Balaban J connectivity index is 1.88. The molecule has 0 spiro atoms. The SMILES string of the molecule is CCn1nc(C)c(C(C)NCCC2CCOC2)c1C. The van der Waals surface area contributed by atoms with Crippen LogP contribution in [0.25, 0.3) is 0 Å². The fourth-order valence-electron chi connectivity index (χ4n) is 3.06. The van der Waals surface area contributed by atoms with Crippen LogP contribution in [0.5, 0.6) is 0 Å². The van der Waals surface area contributed by atoms with Crippen LogP contribution >= 0.6 is 0 Å². The van der Waals surface area contributed by atoms with Gasteiger partial charge in [0, 0.05) is 37.1 Å². The molecule has 0 aromatic carbocycles. The molecule has 2 atom stereocenters. The minimum absolute atomic E-state index is 0.377. The highest BCUT2D eigenvalue weighted by Gasteiger charge is 2.18. The summed E-state index contributed by atoms with van der Waals surface area (Å²) in [6.07, 6.45) is 2.44. The summed E-state index contributed by atoms with van der Waals surface area (Å²) in [5.74, 6) is 0.750. The van der Waals surface area contributed by atoms with Crippen LogP contribution < -0.4 is 5.32 Å². The van der Waals surface area contributed by atoms with Crippen molar-refractivity contribution >= 4 is 0 Å². The first kappa shape index (κ1) is 14.5. The van der Waals surface area contributed by atoms with Crippen molar-refractivity contribution in [1.29, 1.82) is 0 Å². The van der Waals surface area contributed by atoms with Crippen molar-refractivity contribution < 1.29 is 4.74 Å². The lowest BCUT2D eigenvalue weighted by atomic mass is 10.0. The summed E-state index contributed by atoms with van der Waals surface area (Å²) < 4.78 is 7.51. The third kappa shape index (κ3) is 3.37. The molecule has 19 heavy (non-hydrogen) atoms. The van der Waals surface area contributed by atoms with Gasteiger partial charge in [-0.3, -0.25) is 4.68 Å². The highest BCUT2D eigenvalue weighted by atomic mass is 16.5. The van der Waals surface area contributed by atoms with Gasteiger partial charge < -0.3 is 10.1 Å². The Kier molecular flexibility index (Phi) is 4.99. The molecule has 1 aliphatic heterocycles. The normalized spacial score (nSPS) is 20.9. The smallest absolute Gasteiger partial charge is 0.0644 e. The summed E-state index contributed by atoms with van der Waals surface area (Å²) in [5, 5.41) is 8.23. The van der Waals surface area contributed by atoms with Crippen molar-refractivity contribution in [3.8, 4) is 0 Å². The second-order valence-electron chi connectivity index (χ2n) is 5.59. The van der Waals surface area contributed by atoms with E-state index in [1.807, 2.05) is 0 Å². The zero-order valence-electron chi connectivity index (χ0n) is 12.7. The van der Waals surface area contributed by atoms with Crippen LogP contribution in [-0.4, -0.2) is 29.5 Å². The zero-order chi connectivity index (χ0) is 13.8. The van der Waals surface area contributed by atoms with Gasteiger partial charge in [0.1, 0.15) is 0 Å². The van der Waals surface area contributed by atoms with Gasteiger partial charge in [-0.2, -0.15) is 5.10 Å². The molecule has 0 bridgehead atoms. The number of aromatic nitrogens is 2. The number of rotatable bonds is 6. The van der Waals surface area contributed by atoms with Crippen LogP contribution in [0.3, 0.4) is 0 Å². The Hall–Kier alpha value is -0.870. The van der Waals surface area contributed by atoms with Gasteiger partial charge >= 0.3 is 0 Å². The highest BCUT2D eigenvalue weighted by Crippen LogP contribution is 2.22. The summed E-state index contributed by atoms with van der Waals surface area (Å²) in [6, 6.07) is 0.377. The summed E-state index contributed by atoms with van der Waals surface area (Å²) in [7, 11) is 0. The average Bonchev–Trinajstić information content (AvgIpc) is 2.97. The van der Waals surface area contributed by atoms with E-state index in [-0.39, 0.29) is 0 Å². The van der Waals surface area contributed by atoms with Crippen LogP contribution in [-0.2, 0) is 11.3 Å². The third-order valence-electron chi connectivity index (χ3n) is 4.20. The maximum absolute atomic E-state index is 5.41. The van der Waals surface area contributed by atoms with Crippen LogP contribution in [0.15, 0.2) is 0 Å². The van der Waals surface area contributed by atoms with Crippen molar-refractivity contribution in [2.45, 2.75) is 53.1 Å². The first-order valence-electron chi connectivity index (χ1n) is 7.48. The monoisotopic (exact) mass is 265 g/mol. The Labute approximate surface area is 116 Å². The van der Waals surface area contributed by atoms with E-state index < -0.39 is 0 Å². The number of aryl methyl sites for hydroxylation is 2. The standard InChI is InChI=1S/C15H27N3O/c1-5-18-13(4)15(12(3)17-18)11(2)16-8-6-14-7-9-19-10-14/h11,14,16H,5-10H2,1-4H3. The average molecular weight is 265 g/mol. The first-order valence-corrected chi connectivity index (χ1v) is 7.48. The van der Waals surface area contributed by atoms with Crippen LogP contribution in [0, 0.1) is 19.8 Å². The van der Waals surface area contributed by atoms with E-state index in [4.69, 9.17) is 4.74 Å². The lowest BCUT2D eigenvalue weighted by molar-refractivity contribution is 0.184. The molecule has 1 N–H and O–H groups in total. The van der Waals surface area contributed by atoms with Gasteiger partial charge in [-0.05, 0) is 53.0 Å². The minimum Gasteiger partial charge on any atom is -0.381 e. The van der Waals surface area contributed by atoms with E-state index in [2.05, 4.69) is 42.8 Å². The minimum atomic E-state index is 0.377. The summed E-state index contributed by atoms with van der Waals surface area (Å²) in [6.45, 7) is 12.6. The predicted molar refractivity (Wildman–Crippen MR) is 77.3 cm³/mol. The van der Waals surface area contributed by atoms with Gasteiger partial charge in [-0.15, -0.1) is 0 Å². The molecule has 1 fully saturated rings. The van der Waals surface area contributed by atoms with Gasteiger partial charge in [0.2, 0.25) is 0 Å². The molecule has 1 aromatic heterocycles. The first-order chi connectivity index (χ1) is 9.13. The number of hydrogen-bond acceptors (Lipinski definition) is 3. The molecule has 2 unspecified atom stereocenters. The van der Waals surface area contributed by atoms with Crippen molar-refractivity contribution in [3.63, 3.8) is 0 Å². The molecule has 1 aliphatic rings. The van der Waals surface area contributed by atoms with Gasteiger partial charge in [0.25, 0.3) is 0 Å². The summed E-state index contributed by atoms with van der Waals surface area (Å²) in [4.78, 5) is 0. The van der Waals surface area contributed by atoms with Gasteiger partial charge in [0.05, 0.1) is 5.69 Å². The molecule has 2 rings (SSSR count). The lowest BCUT2D eigenvalue weighted by Crippen LogP contribution is -2.23. The predicted octanol–water partition coefficient (Wildman–Crippen LogP) is 2.60. The van der Waals surface area contributed by atoms with Crippen molar-refractivity contribution in [1.82, 2.24) is 15.1 Å². The number of nitrogens with one attached hydrogen (secondary N) is 1. The molecule has 0 amide bonds. The van der Waals surface area contributed by atoms with Crippen LogP contribution in [0.2, 0.25) is 0 Å². The Bertz CT molecular complexity index is 408. The third-order valence-corrected chi connectivity index (χ3v) is 4.20. The molecule has 4 heteroatoms. The number of hydrogen-bond donors (Lipinski definition) is 1. The van der Waals surface area contributed by atoms with Crippen molar-refractivity contribution in [2.75, 3.05) is 19.8 Å². The quantitative estimate of drug-likeness (QED) is 0.859. The molecule has 108 valence electrons. The second-order valence-corrected chi connectivity index (χ2v) is 5.59. The Morgan fingerprint density at radius 3 is 2.84 bits per heavy atom. The maximum atomic E-state index is 5.41.